The van der Waals surface area contributed by atoms with E-state index in [1.807, 2.05) is 0 Å². The highest BCUT2D eigenvalue weighted by Crippen LogP contribution is 2.34. The number of thiophene rings is 1. The number of carbonyl (C=O) groups is 1. The summed E-state index contributed by atoms with van der Waals surface area (Å²) in [5.74, 6) is -0.276. The van der Waals surface area contributed by atoms with Crippen LogP contribution in [0.1, 0.15) is 23.3 Å². The van der Waals surface area contributed by atoms with Crippen molar-refractivity contribution in [2.75, 3.05) is 11.5 Å². The Kier molecular flexibility index (Phi) is 3.72. The maximum Gasteiger partial charge on any atom is 0.262 e. The summed E-state index contributed by atoms with van der Waals surface area (Å²) >= 11 is 1.56. The fourth-order valence-corrected chi connectivity index (χ4v) is 6.36. The smallest absolute Gasteiger partial charge is 0.262 e. The van der Waals surface area contributed by atoms with Gasteiger partial charge in [-0.1, -0.05) is 0 Å². The molecule has 3 heterocycles. The normalized spacial score (nSPS) is 21.9. The second-order valence-corrected chi connectivity index (χ2v) is 9.69. The minimum absolute atomic E-state index is 0.0248. The van der Waals surface area contributed by atoms with E-state index in [1.165, 1.54) is 15.8 Å². The van der Waals surface area contributed by atoms with E-state index < -0.39 is 9.84 Å². The fraction of sp³-hybridized carbons (Fsp3) is 0.533. The third kappa shape index (κ3) is 2.75. The van der Waals surface area contributed by atoms with E-state index in [-0.39, 0.29) is 35.6 Å². The maximum atomic E-state index is 12.7. The standard InChI is InChI=1S/C15H17N3O4S2/c19-12(17-9-4-5-24(21,22)7-9)6-18-8-16-14-13(15(18)20)10-2-1-3-11(10)23-14/h8-9H,1-7H2,(H,17,19). The van der Waals surface area contributed by atoms with Gasteiger partial charge < -0.3 is 5.32 Å². The maximum absolute atomic E-state index is 12.7. The van der Waals surface area contributed by atoms with Gasteiger partial charge in [-0.25, -0.2) is 13.4 Å². The van der Waals surface area contributed by atoms with Crippen LogP contribution in [0.4, 0.5) is 0 Å². The summed E-state index contributed by atoms with van der Waals surface area (Å²) in [5.41, 5.74) is 0.901. The Morgan fingerprint density at radius 2 is 2.25 bits per heavy atom. The van der Waals surface area contributed by atoms with Gasteiger partial charge in [0.05, 0.1) is 23.2 Å². The van der Waals surface area contributed by atoms with E-state index in [0.717, 1.165) is 29.7 Å². The number of aromatic nitrogens is 2. The van der Waals surface area contributed by atoms with E-state index in [2.05, 4.69) is 10.3 Å². The van der Waals surface area contributed by atoms with E-state index in [9.17, 15) is 18.0 Å². The topological polar surface area (TPSA) is 98.1 Å². The molecule has 1 saturated heterocycles. The fourth-order valence-electron chi connectivity index (χ4n) is 3.47. The molecule has 128 valence electrons. The Balaban J connectivity index is 1.55. The zero-order chi connectivity index (χ0) is 16.9. The van der Waals surface area contributed by atoms with Gasteiger partial charge >= 0.3 is 0 Å². The molecule has 1 fully saturated rings. The predicted octanol–water partition coefficient (Wildman–Crippen LogP) is 0.250. The first-order chi connectivity index (χ1) is 11.4. The summed E-state index contributed by atoms with van der Waals surface area (Å²) in [4.78, 5) is 31.1. The van der Waals surface area contributed by atoms with Crippen LogP contribution in [0, 0.1) is 0 Å². The van der Waals surface area contributed by atoms with Gasteiger partial charge in [-0.3, -0.25) is 14.2 Å². The number of aryl methyl sites for hydroxylation is 2. The van der Waals surface area contributed by atoms with Gasteiger partial charge in [0.25, 0.3) is 5.56 Å². The summed E-state index contributed by atoms with van der Waals surface area (Å²) in [5, 5.41) is 3.35. The first-order valence-corrected chi connectivity index (χ1v) is 10.6. The van der Waals surface area contributed by atoms with Crippen LogP contribution < -0.4 is 10.9 Å². The summed E-state index contributed by atoms with van der Waals surface area (Å²) in [6, 6.07) is -0.361. The van der Waals surface area contributed by atoms with Crippen molar-refractivity contribution in [3.8, 4) is 0 Å². The monoisotopic (exact) mass is 367 g/mol. The van der Waals surface area contributed by atoms with Crippen LogP contribution in [0.2, 0.25) is 0 Å². The van der Waals surface area contributed by atoms with E-state index in [1.54, 1.807) is 11.3 Å². The molecule has 0 bridgehead atoms. The van der Waals surface area contributed by atoms with Crippen molar-refractivity contribution >= 4 is 37.3 Å². The van der Waals surface area contributed by atoms with Crippen molar-refractivity contribution in [1.82, 2.24) is 14.9 Å². The minimum atomic E-state index is -3.04. The molecule has 0 radical (unpaired) electrons. The molecule has 1 unspecified atom stereocenters. The van der Waals surface area contributed by atoms with Crippen LogP contribution in [0.15, 0.2) is 11.1 Å². The first kappa shape index (κ1) is 15.8. The second-order valence-electron chi connectivity index (χ2n) is 6.38. The van der Waals surface area contributed by atoms with Gasteiger partial charge in [0.15, 0.2) is 9.84 Å². The van der Waals surface area contributed by atoms with Crippen molar-refractivity contribution < 1.29 is 13.2 Å². The van der Waals surface area contributed by atoms with Crippen molar-refractivity contribution in [1.29, 1.82) is 0 Å². The lowest BCUT2D eigenvalue weighted by molar-refractivity contribution is -0.122. The molecule has 4 rings (SSSR count). The van der Waals surface area contributed by atoms with Gasteiger partial charge in [-0.05, 0) is 31.2 Å². The highest BCUT2D eigenvalue weighted by Gasteiger charge is 2.29. The molecule has 1 amide bonds. The third-order valence-electron chi connectivity index (χ3n) is 4.60. The van der Waals surface area contributed by atoms with Crippen molar-refractivity contribution in [2.24, 2.45) is 0 Å². The van der Waals surface area contributed by atoms with Crippen LogP contribution >= 0.6 is 11.3 Å². The number of hydrogen-bond acceptors (Lipinski definition) is 6. The van der Waals surface area contributed by atoms with Crippen LogP contribution in [0.25, 0.3) is 10.2 Å². The molecule has 2 aliphatic rings. The highest BCUT2D eigenvalue weighted by atomic mass is 32.2. The number of hydrogen-bond donors (Lipinski definition) is 1. The molecule has 9 heteroatoms. The van der Waals surface area contributed by atoms with Crippen LogP contribution in [0.5, 0.6) is 0 Å². The van der Waals surface area contributed by atoms with Gasteiger partial charge in [0.2, 0.25) is 5.91 Å². The molecule has 1 N–H and O–H groups in total. The summed E-state index contributed by atoms with van der Waals surface area (Å²) < 4.78 is 24.2. The van der Waals surface area contributed by atoms with Crippen molar-refractivity contribution in [3.63, 3.8) is 0 Å². The number of nitrogens with one attached hydrogen (secondary N) is 1. The average molecular weight is 367 g/mol. The molecule has 1 aliphatic heterocycles. The lowest BCUT2D eigenvalue weighted by Gasteiger charge is -2.11. The van der Waals surface area contributed by atoms with E-state index >= 15 is 0 Å². The molecule has 2 aromatic rings. The molecule has 1 atom stereocenters. The third-order valence-corrected chi connectivity index (χ3v) is 7.57. The zero-order valence-corrected chi connectivity index (χ0v) is 14.6. The summed E-state index contributed by atoms with van der Waals surface area (Å²) in [7, 11) is -3.04. The number of rotatable bonds is 3. The number of carbonyl (C=O) groups excluding carboxylic acids is 1. The molecule has 1 aliphatic carbocycles. The number of nitrogens with zero attached hydrogens (tertiary/aromatic N) is 2. The highest BCUT2D eigenvalue weighted by molar-refractivity contribution is 7.91. The Morgan fingerprint density at radius 1 is 1.42 bits per heavy atom. The van der Waals surface area contributed by atoms with Gasteiger partial charge in [-0.2, -0.15) is 0 Å². The summed E-state index contributed by atoms with van der Waals surface area (Å²) in [6.45, 7) is -0.136. The molecular weight excluding hydrogens is 350 g/mol. The lowest BCUT2D eigenvalue weighted by Crippen LogP contribution is -2.39. The molecule has 0 saturated carbocycles. The van der Waals surface area contributed by atoms with E-state index in [0.29, 0.717) is 11.8 Å². The quantitative estimate of drug-likeness (QED) is 0.839. The molecule has 7 nitrogen and oxygen atoms in total. The Morgan fingerprint density at radius 3 is 3.00 bits per heavy atom. The average Bonchev–Trinajstić information content (AvgIpc) is 3.16. The van der Waals surface area contributed by atoms with Crippen LogP contribution in [-0.2, 0) is 34.0 Å². The van der Waals surface area contributed by atoms with Gasteiger partial charge in [0, 0.05) is 10.9 Å². The van der Waals surface area contributed by atoms with Crippen LogP contribution in [-0.4, -0.2) is 41.4 Å². The number of sulfone groups is 1. The minimum Gasteiger partial charge on any atom is -0.351 e. The Hall–Kier alpha value is -1.74. The zero-order valence-electron chi connectivity index (χ0n) is 12.9. The number of fused-ring (bicyclic) bond motifs is 3. The van der Waals surface area contributed by atoms with E-state index in [4.69, 9.17) is 0 Å². The Bertz CT molecular complexity index is 990. The molecule has 0 aromatic carbocycles. The van der Waals surface area contributed by atoms with Gasteiger partial charge in [-0.15, -0.1) is 11.3 Å². The lowest BCUT2D eigenvalue weighted by atomic mass is 10.2. The summed E-state index contributed by atoms with van der Waals surface area (Å²) in [6.07, 6.45) is 4.77. The van der Waals surface area contributed by atoms with Gasteiger partial charge in [0.1, 0.15) is 11.4 Å². The molecule has 24 heavy (non-hydrogen) atoms. The molecule has 0 spiro atoms. The largest absolute Gasteiger partial charge is 0.351 e. The van der Waals surface area contributed by atoms with Crippen molar-refractivity contribution in [3.05, 3.63) is 27.1 Å². The van der Waals surface area contributed by atoms with Crippen molar-refractivity contribution in [2.45, 2.75) is 38.3 Å². The SMILES string of the molecule is O=C(Cn1cnc2sc3c(c2c1=O)CCC3)NC1CCS(=O)(=O)C1. The molecule has 2 aromatic heterocycles. The first-order valence-electron chi connectivity index (χ1n) is 7.92. The molecular formula is C15H17N3O4S2. The Labute approximate surface area is 142 Å². The number of amides is 1. The van der Waals surface area contributed by atoms with Crippen LogP contribution in [0.3, 0.4) is 0 Å². The second kappa shape index (κ2) is 5.66. The predicted molar refractivity (Wildman–Crippen MR) is 91.1 cm³/mol.